The van der Waals surface area contributed by atoms with Crippen molar-refractivity contribution in [3.05, 3.63) is 131 Å². The van der Waals surface area contributed by atoms with Gasteiger partial charge in [-0.25, -0.2) is 17.2 Å². The summed E-state index contributed by atoms with van der Waals surface area (Å²) in [5, 5.41) is 2.90. The highest BCUT2D eigenvalue weighted by Crippen LogP contribution is 2.27. The van der Waals surface area contributed by atoms with Crippen LogP contribution in [0.25, 0.3) is 0 Å². The van der Waals surface area contributed by atoms with E-state index in [4.69, 9.17) is 0 Å². The van der Waals surface area contributed by atoms with Crippen molar-refractivity contribution in [3.8, 4) is 0 Å². The minimum absolute atomic E-state index is 0.118. The number of sulfonamides is 1. The molecular formula is C35H37F2N3O4S. The minimum Gasteiger partial charge on any atom is -0.354 e. The number of nitrogens with one attached hydrogen (secondary N) is 1. The number of amides is 2. The quantitative estimate of drug-likeness (QED) is 0.172. The second-order valence-electron chi connectivity index (χ2n) is 10.8. The highest BCUT2D eigenvalue weighted by molar-refractivity contribution is 7.92. The van der Waals surface area contributed by atoms with Crippen molar-refractivity contribution in [2.75, 3.05) is 17.4 Å². The largest absolute Gasteiger partial charge is 0.354 e. The Bertz CT molecular complexity index is 1680. The predicted octanol–water partition coefficient (Wildman–Crippen LogP) is 6.02. The molecule has 2 amide bonds. The SMILES string of the molecule is CCCCNC(=O)C(Cc1ccccc1)N(Cc1ccc(F)cc1)C(=O)CN(c1ccccc1F)S(=O)(=O)c1ccc(C)cc1. The number of hydrogen-bond donors (Lipinski definition) is 1. The minimum atomic E-state index is -4.43. The molecule has 236 valence electrons. The normalized spacial score (nSPS) is 11.9. The van der Waals surface area contributed by atoms with Crippen LogP contribution in [0.15, 0.2) is 108 Å². The molecule has 1 unspecified atom stereocenters. The van der Waals surface area contributed by atoms with Gasteiger partial charge in [0.2, 0.25) is 11.8 Å². The van der Waals surface area contributed by atoms with Crippen LogP contribution >= 0.6 is 0 Å². The smallest absolute Gasteiger partial charge is 0.264 e. The van der Waals surface area contributed by atoms with Gasteiger partial charge in [-0.05, 0) is 60.9 Å². The summed E-state index contributed by atoms with van der Waals surface area (Å²) in [5.74, 6) is -2.44. The van der Waals surface area contributed by atoms with E-state index in [1.165, 1.54) is 59.5 Å². The summed E-state index contributed by atoms with van der Waals surface area (Å²) in [7, 11) is -4.43. The van der Waals surface area contributed by atoms with E-state index in [1.807, 2.05) is 37.3 Å². The number of nitrogens with zero attached hydrogens (tertiary/aromatic N) is 2. The van der Waals surface area contributed by atoms with Gasteiger partial charge in [-0.2, -0.15) is 0 Å². The Labute approximate surface area is 263 Å². The van der Waals surface area contributed by atoms with Gasteiger partial charge in [-0.15, -0.1) is 0 Å². The number of aryl methyl sites for hydroxylation is 1. The van der Waals surface area contributed by atoms with Crippen molar-refractivity contribution < 1.29 is 26.8 Å². The summed E-state index contributed by atoms with van der Waals surface area (Å²) in [6.45, 7) is 3.28. The summed E-state index contributed by atoms with van der Waals surface area (Å²) < 4.78 is 57.7. The molecule has 0 aliphatic carbocycles. The van der Waals surface area contributed by atoms with Crippen LogP contribution in [0.1, 0.15) is 36.5 Å². The lowest BCUT2D eigenvalue weighted by molar-refractivity contribution is -0.140. The van der Waals surface area contributed by atoms with Crippen LogP contribution in [-0.4, -0.2) is 44.3 Å². The Balaban J connectivity index is 1.79. The van der Waals surface area contributed by atoms with Crippen molar-refractivity contribution in [2.24, 2.45) is 0 Å². The Morgan fingerprint density at radius 1 is 0.822 bits per heavy atom. The molecule has 10 heteroatoms. The lowest BCUT2D eigenvalue weighted by Gasteiger charge is -2.34. The molecule has 0 spiro atoms. The van der Waals surface area contributed by atoms with Gasteiger partial charge in [0, 0.05) is 19.5 Å². The van der Waals surface area contributed by atoms with Crippen LogP contribution in [0.3, 0.4) is 0 Å². The second-order valence-corrected chi connectivity index (χ2v) is 12.6. The van der Waals surface area contributed by atoms with Crippen molar-refractivity contribution >= 4 is 27.5 Å². The zero-order valence-electron chi connectivity index (χ0n) is 25.3. The number of para-hydroxylation sites is 1. The Hall–Kier alpha value is -4.57. The van der Waals surface area contributed by atoms with Crippen molar-refractivity contribution in [2.45, 2.75) is 50.6 Å². The standard InChI is InChI=1S/C35H37F2N3O4S/c1-3-4-22-38-35(42)33(23-27-10-6-5-7-11-27)39(24-28-16-18-29(36)19-17-28)34(41)25-40(32-13-9-8-12-31(32)37)45(43,44)30-20-14-26(2)15-21-30/h5-21,33H,3-4,22-25H2,1-2H3,(H,38,42). The third kappa shape index (κ3) is 8.76. The summed E-state index contributed by atoms with van der Waals surface area (Å²) in [6.07, 6.45) is 1.71. The maximum Gasteiger partial charge on any atom is 0.264 e. The molecule has 0 aromatic heterocycles. The summed E-state index contributed by atoms with van der Waals surface area (Å²) >= 11 is 0. The first kappa shape index (κ1) is 33.3. The number of halogens is 2. The molecule has 0 heterocycles. The second kappa shape index (κ2) is 15.4. The monoisotopic (exact) mass is 633 g/mol. The molecule has 0 saturated carbocycles. The first-order valence-corrected chi connectivity index (χ1v) is 16.2. The van der Waals surface area contributed by atoms with Crippen LogP contribution in [0.4, 0.5) is 14.5 Å². The molecule has 0 radical (unpaired) electrons. The van der Waals surface area contributed by atoms with Crippen LogP contribution in [0.5, 0.6) is 0 Å². The lowest BCUT2D eigenvalue weighted by Crippen LogP contribution is -2.53. The molecule has 0 aliphatic rings. The van der Waals surface area contributed by atoms with Crippen molar-refractivity contribution in [1.29, 1.82) is 0 Å². The van der Waals surface area contributed by atoms with Gasteiger partial charge in [-0.1, -0.05) is 85.6 Å². The van der Waals surface area contributed by atoms with Crippen LogP contribution in [-0.2, 0) is 32.6 Å². The van der Waals surface area contributed by atoms with E-state index in [2.05, 4.69) is 5.32 Å². The van der Waals surface area contributed by atoms with E-state index < -0.39 is 46.1 Å². The Morgan fingerprint density at radius 2 is 1.47 bits per heavy atom. The number of hydrogen-bond acceptors (Lipinski definition) is 4. The molecule has 7 nitrogen and oxygen atoms in total. The Kier molecular flexibility index (Phi) is 11.4. The van der Waals surface area contributed by atoms with Gasteiger partial charge < -0.3 is 10.2 Å². The highest BCUT2D eigenvalue weighted by Gasteiger charge is 2.35. The zero-order valence-corrected chi connectivity index (χ0v) is 26.1. The summed E-state index contributed by atoms with van der Waals surface area (Å²) in [6, 6.07) is 24.9. The highest BCUT2D eigenvalue weighted by atomic mass is 32.2. The molecule has 4 aromatic carbocycles. The van der Waals surface area contributed by atoms with E-state index in [0.29, 0.717) is 12.1 Å². The van der Waals surface area contributed by atoms with E-state index >= 15 is 4.39 Å². The fraction of sp³-hybridized carbons (Fsp3) is 0.257. The third-order valence-electron chi connectivity index (χ3n) is 7.38. The molecule has 1 atom stereocenters. The topological polar surface area (TPSA) is 86.8 Å². The number of carbonyl (C=O) groups is 2. The molecular weight excluding hydrogens is 596 g/mol. The van der Waals surface area contributed by atoms with Crippen LogP contribution < -0.4 is 9.62 Å². The maximum absolute atomic E-state index is 15.2. The van der Waals surface area contributed by atoms with Crippen molar-refractivity contribution in [1.82, 2.24) is 10.2 Å². The van der Waals surface area contributed by atoms with E-state index in [-0.39, 0.29) is 23.5 Å². The molecule has 0 aliphatic heterocycles. The average Bonchev–Trinajstić information content (AvgIpc) is 3.03. The summed E-state index contributed by atoms with van der Waals surface area (Å²) in [5.41, 5.74) is 1.83. The molecule has 1 N–H and O–H groups in total. The molecule has 0 saturated heterocycles. The first-order chi connectivity index (χ1) is 21.6. The number of anilines is 1. The van der Waals surface area contributed by atoms with Gasteiger partial charge >= 0.3 is 0 Å². The maximum atomic E-state index is 15.2. The number of carbonyl (C=O) groups excluding carboxylic acids is 2. The predicted molar refractivity (Wildman–Crippen MR) is 171 cm³/mol. The van der Waals surface area contributed by atoms with E-state index in [0.717, 1.165) is 34.3 Å². The lowest BCUT2D eigenvalue weighted by atomic mass is 10.0. The molecule has 4 rings (SSSR count). The van der Waals surface area contributed by atoms with E-state index in [1.54, 1.807) is 19.1 Å². The average molecular weight is 634 g/mol. The number of unbranched alkanes of at least 4 members (excludes halogenated alkanes) is 1. The molecule has 4 aromatic rings. The summed E-state index contributed by atoms with van der Waals surface area (Å²) in [4.78, 5) is 29.2. The van der Waals surface area contributed by atoms with E-state index in [9.17, 15) is 22.4 Å². The number of rotatable bonds is 14. The van der Waals surface area contributed by atoms with Crippen molar-refractivity contribution in [3.63, 3.8) is 0 Å². The first-order valence-electron chi connectivity index (χ1n) is 14.8. The van der Waals surface area contributed by atoms with Gasteiger partial charge in [0.15, 0.2) is 0 Å². The Morgan fingerprint density at radius 3 is 2.11 bits per heavy atom. The van der Waals surface area contributed by atoms with Gasteiger partial charge in [-0.3, -0.25) is 13.9 Å². The molecule has 0 fully saturated rings. The third-order valence-corrected chi connectivity index (χ3v) is 9.15. The zero-order chi connectivity index (χ0) is 32.4. The van der Waals surface area contributed by atoms with Gasteiger partial charge in [0.1, 0.15) is 24.2 Å². The molecule has 45 heavy (non-hydrogen) atoms. The molecule has 0 bridgehead atoms. The van der Waals surface area contributed by atoms with Gasteiger partial charge in [0.25, 0.3) is 10.0 Å². The van der Waals surface area contributed by atoms with Crippen LogP contribution in [0, 0.1) is 18.6 Å². The fourth-order valence-corrected chi connectivity index (χ4v) is 6.27. The number of benzene rings is 4. The van der Waals surface area contributed by atoms with Crippen LogP contribution in [0.2, 0.25) is 0 Å². The van der Waals surface area contributed by atoms with Gasteiger partial charge in [0.05, 0.1) is 10.6 Å². The fourth-order valence-electron chi connectivity index (χ4n) is 4.85.